The predicted molar refractivity (Wildman–Crippen MR) is 153 cm³/mol. The van der Waals surface area contributed by atoms with Crippen LogP contribution in [0.2, 0.25) is 5.02 Å². The third kappa shape index (κ3) is 5.40. The van der Waals surface area contributed by atoms with E-state index in [1.54, 1.807) is 7.11 Å². The van der Waals surface area contributed by atoms with Crippen LogP contribution >= 0.6 is 23.8 Å². The van der Waals surface area contributed by atoms with Crippen molar-refractivity contribution in [1.82, 2.24) is 19.5 Å². The van der Waals surface area contributed by atoms with E-state index in [0.717, 1.165) is 90.9 Å². The van der Waals surface area contributed by atoms with E-state index in [1.165, 1.54) is 11.1 Å². The zero-order valence-electron chi connectivity index (χ0n) is 21.4. The molecule has 0 radical (unpaired) electrons. The smallest absolute Gasteiger partial charge is 0.140 e. The van der Waals surface area contributed by atoms with Gasteiger partial charge in [-0.05, 0) is 68.0 Å². The van der Waals surface area contributed by atoms with Crippen LogP contribution in [0.4, 0.5) is 0 Å². The van der Waals surface area contributed by atoms with E-state index in [-0.39, 0.29) is 0 Å². The number of thiocarbonyl (C=S) groups is 1. The number of rotatable bonds is 10. The minimum absolute atomic E-state index is 0.712. The van der Waals surface area contributed by atoms with Gasteiger partial charge in [0.25, 0.3) is 0 Å². The fraction of sp³-hybridized carbons (Fsp3) is 0.379. The number of hydrogen-bond donors (Lipinski definition) is 1. The number of methoxy groups -OCH3 is 1. The molecule has 0 saturated heterocycles. The Morgan fingerprint density at radius 3 is 2.62 bits per heavy atom. The first-order valence-corrected chi connectivity index (χ1v) is 13.8. The standard InChI is InChI=1S/C29H33ClN4O2S/c1-3-36-18-6-16-31-28(37)27-26(21-10-12-22(30)13-11-21)24-7-4-5-17-33-25(32-34(27)29(24)33)19-20-8-14-23(35-2)15-9-20/h8-15H,3-7,16-19H2,1-2H3,(H,31,37). The highest BCUT2D eigenvalue weighted by atomic mass is 35.5. The molecule has 4 aromatic rings. The van der Waals surface area contributed by atoms with Crippen LogP contribution in [0.15, 0.2) is 48.5 Å². The number of aromatic nitrogens is 3. The summed E-state index contributed by atoms with van der Waals surface area (Å²) in [6.07, 6.45) is 4.87. The van der Waals surface area contributed by atoms with Crippen LogP contribution in [-0.4, -0.2) is 46.0 Å². The highest BCUT2D eigenvalue weighted by Gasteiger charge is 2.29. The first kappa shape index (κ1) is 25.8. The van der Waals surface area contributed by atoms with Crippen LogP contribution in [0.1, 0.15) is 48.8 Å². The molecule has 1 N–H and O–H groups in total. The van der Waals surface area contributed by atoms with E-state index in [4.69, 9.17) is 38.4 Å². The molecule has 1 aliphatic heterocycles. The fourth-order valence-electron chi connectivity index (χ4n) is 5.10. The topological polar surface area (TPSA) is 52.7 Å². The summed E-state index contributed by atoms with van der Waals surface area (Å²) in [6.45, 7) is 5.15. The first-order chi connectivity index (χ1) is 18.1. The van der Waals surface area contributed by atoms with E-state index in [1.807, 2.05) is 31.2 Å². The zero-order chi connectivity index (χ0) is 25.8. The Hall–Kier alpha value is -2.87. The van der Waals surface area contributed by atoms with Crippen molar-refractivity contribution in [3.63, 3.8) is 0 Å². The lowest BCUT2D eigenvalue weighted by atomic mass is 9.98. The van der Waals surface area contributed by atoms with Gasteiger partial charge in [-0.2, -0.15) is 5.10 Å². The lowest BCUT2D eigenvalue weighted by Gasteiger charge is -2.12. The molecule has 0 spiro atoms. The van der Waals surface area contributed by atoms with E-state index in [9.17, 15) is 0 Å². The number of hydrogen-bond acceptors (Lipinski definition) is 4. The lowest BCUT2D eigenvalue weighted by molar-refractivity contribution is 0.146. The number of halogens is 1. The Balaban J connectivity index is 1.59. The normalized spacial score (nSPS) is 13.1. The molecular weight excluding hydrogens is 504 g/mol. The summed E-state index contributed by atoms with van der Waals surface area (Å²) in [5.74, 6) is 1.91. The number of aryl methyl sites for hydroxylation is 2. The second-order valence-corrected chi connectivity index (χ2v) is 10.1. The molecule has 194 valence electrons. The first-order valence-electron chi connectivity index (χ1n) is 13.0. The van der Waals surface area contributed by atoms with Gasteiger partial charge >= 0.3 is 0 Å². The highest BCUT2D eigenvalue weighted by molar-refractivity contribution is 7.80. The van der Waals surface area contributed by atoms with Gasteiger partial charge in [-0.1, -0.05) is 48.1 Å². The van der Waals surface area contributed by atoms with Crippen molar-refractivity contribution < 1.29 is 9.47 Å². The molecule has 0 aliphatic carbocycles. The zero-order valence-corrected chi connectivity index (χ0v) is 23.0. The van der Waals surface area contributed by atoms with Gasteiger partial charge in [-0.15, -0.1) is 0 Å². The van der Waals surface area contributed by atoms with Gasteiger partial charge in [0.2, 0.25) is 0 Å². The third-order valence-corrected chi connectivity index (χ3v) is 7.48. The minimum atomic E-state index is 0.712. The van der Waals surface area contributed by atoms with E-state index < -0.39 is 0 Å². The Bertz CT molecular complexity index is 1380. The molecule has 37 heavy (non-hydrogen) atoms. The summed E-state index contributed by atoms with van der Waals surface area (Å²) >= 11 is 12.2. The number of nitrogens with one attached hydrogen (secondary N) is 1. The van der Waals surface area contributed by atoms with Gasteiger partial charge in [0.15, 0.2) is 0 Å². The Morgan fingerprint density at radius 2 is 1.89 bits per heavy atom. The van der Waals surface area contributed by atoms with Gasteiger partial charge in [-0.25, -0.2) is 4.52 Å². The van der Waals surface area contributed by atoms with Crippen molar-refractivity contribution >= 4 is 34.5 Å². The Morgan fingerprint density at radius 1 is 1.11 bits per heavy atom. The summed E-state index contributed by atoms with van der Waals surface area (Å²) in [6, 6.07) is 16.3. The molecule has 2 aromatic carbocycles. The maximum absolute atomic E-state index is 6.24. The maximum atomic E-state index is 6.24. The van der Waals surface area contributed by atoms with E-state index in [0.29, 0.717) is 11.6 Å². The molecule has 0 atom stereocenters. The summed E-state index contributed by atoms with van der Waals surface area (Å²) in [5, 5.41) is 9.38. The average Bonchev–Trinajstić information content (AvgIpc) is 3.30. The second kappa shape index (κ2) is 11.7. The minimum Gasteiger partial charge on any atom is -0.497 e. The van der Waals surface area contributed by atoms with Gasteiger partial charge in [0.1, 0.15) is 27.9 Å². The molecule has 1 aliphatic rings. The molecule has 2 aromatic heterocycles. The van der Waals surface area contributed by atoms with Crippen molar-refractivity contribution in [3.8, 4) is 16.9 Å². The van der Waals surface area contributed by atoms with E-state index in [2.05, 4.69) is 38.7 Å². The Labute approximate surface area is 228 Å². The van der Waals surface area contributed by atoms with Crippen LogP contribution in [0.25, 0.3) is 16.8 Å². The SMILES string of the molecule is CCOCCCNC(=S)c1c(-c2ccc(Cl)cc2)c2c3n(c(Cc4ccc(OC)cc4)nn13)CCCC2. The highest BCUT2D eigenvalue weighted by Crippen LogP contribution is 2.37. The molecule has 6 nitrogen and oxygen atoms in total. The van der Waals surface area contributed by atoms with Gasteiger partial charge in [0.05, 0.1) is 7.11 Å². The van der Waals surface area contributed by atoms with Crippen LogP contribution in [0.5, 0.6) is 5.75 Å². The van der Waals surface area contributed by atoms with Crippen LogP contribution in [0, 0.1) is 0 Å². The molecule has 5 rings (SSSR count). The molecule has 0 fully saturated rings. The molecule has 0 saturated carbocycles. The quantitative estimate of drug-likeness (QED) is 0.196. The predicted octanol–water partition coefficient (Wildman–Crippen LogP) is 6.08. The molecule has 3 heterocycles. The lowest BCUT2D eigenvalue weighted by Crippen LogP contribution is -2.26. The van der Waals surface area contributed by atoms with Crippen molar-refractivity contribution in [2.45, 2.75) is 45.6 Å². The number of ether oxygens (including phenoxy) is 2. The average molecular weight is 537 g/mol. The van der Waals surface area contributed by atoms with Gasteiger partial charge in [0, 0.05) is 48.9 Å². The van der Waals surface area contributed by atoms with Crippen LogP contribution in [0.3, 0.4) is 0 Å². The molecule has 0 unspecified atom stereocenters. The van der Waals surface area contributed by atoms with Crippen LogP contribution < -0.4 is 10.1 Å². The molecular formula is C29H33ClN4O2S. The van der Waals surface area contributed by atoms with Gasteiger partial charge < -0.3 is 19.4 Å². The summed E-state index contributed by atoms with van der Waals surface area (Å²) in [7, 11) is 1.69. The van der Waals surface area contributed by atoms with Crippen molar-refractivity contribution in [2.24, 2.45) is 0 Å². The molecule has 0 bridgehead atoms. The van der Waals surface area contributed by atoms with Crippen LogP contribution in [-0.2, 0) is 24.1 Å². The third-order valence-electron chi connectivity index (χ3n) is 6.89. The summed E-state index contributed by atoms with van der Waals surface area (Å²) in [5.41, 5.74) is 6.89. The second-order valence-electron chi connectivity index (χ2n) is 9.30. The van der Waals surface area contributed by atoms with Crippen molar-refractivity contribution in [1.29, 1.82) is 0 Å². The van der Waals surface area contributed by atoms with Crippen molar-refractivity contribution in [2.75, 3.05) is 26.9 Å². The van der Waals surface area contributed by atoms with E-state index >= 15 is 0 Å². The molecule has 8 heteroatoms. The van der Waals surface area contributed by atoms with Crippen molar-refractivity contribution in [3.05, 3.63) is 76.2 Å². The fourth-order valence-corrected chi connectivity index (χ4v) is 5.52. The molecule has 0 amide bonds. The maximum Gasteiger partial charge on any atom is 0.140 e. The number of nitrogens with zero attached hydrogens (tertiary/aromatic N) is 3. The van der Waals surface area contributed by atoms with Gasteiger partial charge in [-0.3, -0.25) is 0 Å². The largest absolute Gasteiger partial charge is 0.497 e. The monoisotopic (exact) mass is 536 g/mol. The Kier molecular flexibility index (Phi) is 8.13. The summed E-state index contributed by atoms with van der Waals surface area (Å²) < 4.78 is 15.3. The summed E-state index contributed by atoms with van der Waals surface area (Å²) in [4.78, 5) is 0.712. The number of benzene rings is 2.